The number of hydrogen-bond acceptors (Lipinski definition) is 8. The van der Waals surface area contributed by atoms with Gasteiger partial charge in [0.2, 0.25) is 11.8 Å². The minimum absolute atomic E-state index is 0.175. The van der Waals surface area contributed by atoms with Crippen LogP contribution in [0.1, 0.15) is 13.3 Å². The minimum atomic E-state index is -1.07. The van der Waals surface area contributed by atoms with E-state index < -0.39 is 12.1 Å². The maximum absolute atomic E-state index is 13.3. The van der Waals surface area contributed by atoms with Gasteiger partial charge in [0, 0.05) is 49.0 Å². The predicted molar refractivity (Wildman–Crippen MR) is 131 cm³/mol. The number of amides is 1. The van der Waals surface area contributed by atoms with Crippen LogP contribution >= 0.6 is 0 Å². The van der Waals surface area contributed by atoms with Crippen molar-refractivity contribution in [3.05, 3.63) is 36.7 Å². The zero-order valence-corrected chi connectivity index (χ0v) is 19.4. The lowest BCUT2D eigenvalue weighted by atomic mass is 10.1. The summed E-state index contributed by atoms with van der Waals surface area (Å²) in [4.78, 5) is 28.1. The molecule has 1 aliphatic heterocycles. The third-order valence-corrected chi connectivity index (χ3v) is 6.52. The van der Waals surface area contributed by atoms with Gasteiger partial charge in [-0.1, -0.05) is 0 Å². The Kier molecular flexibility index (Phi) is 5.25. The molecule has 35 heavy (non-hydrogen) atoms. The third-order valence-electron chi connectivity index (χ3n) is 6.52. The van der Waals surface area contributed by atoms with Crippen LogP contribution in [0.3, 0.4) is 0 Å². The molecule has 1 saturated heterocycles. The van der Waals surface area contributed by atoms with Gasteiger partial charge >= 0.3 is 0 Å². The lowest BCUT2D eigenvalue weighted by Crippen LogP contribution is -2.41. The van der Waals surface area contributed by atoms with Gasteiger partial charge in [0.25, 0.3) is 0 Å². The van der Waals surface area contributed by atoms with Crippen LogP contribution < -0.4 is 15.5 Å². The van der Waals surface area contributed by atoms with Gasteiger partial charge in [-0.05, 0) is 37.6 Å². The molecule has 180 valence electrons. The number of anilines is 3. The lowest BCUT2D eigenvalue weighted by Gasteiger charge is -2.32. The molecule has 2 N–H and O–H groups in total. The Morgan fingerprint density at radius 1 is 1.20 bits per heavy atom. The Morgan fingerprint density at radius 2 is 2.06 bits per heavy atom. The van der Waals surface area contributed by atoms with Gasteiger partial charge in [-0.3, -0.25) is 4.79 Å². The SMILES string of the molecule is CNc1ncc(-c2nc3cc(N4CCOC(C)C4)ccc3o2)c2cc(NC(=O)[C@@H]3C[C@@H]3F)ncc12. The van der Waals surface area contributed by atoms with Crippen LogP contribution in [-0.4, -0.2) is 59.9 Å². The molecule has 10 heteroatoms. The summed E-state index contributed by atoms with van der Waals surface area (Å²) in [6.07, 6.45) is 2.68. The summed E-state index contributed by atoms with van der Waals surface area (Å²) in [6, 6.07) is 7.72. The average molecular weight is 477 g/mol. The van der Waals surface area contributed by atoms with Crippen molar-refractivity contribution >= 4 is 45.1 Å². The summed E-state index contributed by atoms with van der Waals surface area (Å²) in [5, 5.41) is 7.29. The first-order chi connectivity index (χ1) is 17.0. The van der Waals surface area contributed by atoms with Crippen molar-refractivity contribution in [3.63, 3.8) is 0 Å². The van der Waals surface area contributed by atoms with E-state index in [4.69, 9.17) is 14.1 Å². The van der Waals surface area contributed by atoms with E-state index in [0.717, 1.165) is 35.1 Å². The Morgan fingerprint density at radius 3 is 2.83 bits per heavy atom. The van der Waals surface area contributed by atoms with Crippen LogP contribution in [0.2, 0.25) is 0 Å². The van der Waals surface area contributed by atoms with Gasteiger partial charge in [-0.15, -0.1) is 0 Å². The number of morpholine rings is 1. The number of halogens is 1. The number of rotatable bonds is 5. The smallest absolute Gasteiger partial charge is 0.231 e. The monoisotopic (exact) mass is 476 g/mol. The summed E-state index contributed by atoms with van der Waals surface area (Å²) < 4.78 is 25.1. The van der Waals surface area contributed by atoms with E-state index in [1.54, 1.807) is 25.5 Å². The Bertz CT molecular complexity index is 1440. The van der Waals surface area contributed by atoms with Gasteiger partial charge in [0.1, 0.15) is 23.3 Å². The summed E-state index contributed by atoms with van der Waals surface area (Å²) in [5.41, 5.74) is 3.15. The molecule has 3 atom stereocenters. The first kappa shape index (κ1) is 21.7. The highest BCUT2D eigenvalue weighted by Crippen LogP contribution is 2.37. The molecule has 2 aliphatic rings. The molecular formula is C25H25FN6O3. The molecule has 1 amide bonds. The number of alkyl halides is 1. The van der Waals surface area contributed by atoms with Gasteiger partial charge in [-0.25, -0.2) is 19.3 Å². The fourth-order valence-electron chi connectivity index (χ4n) is 4.51. The molecule has 2 fully saturated rings. The van der Waals surface area contributed by atoms with Crippen LogP contribution in [0.4, 0.5) is 21.7 Å². The van der Waals surface area contributed by atoms with Crippen molar-refractivity contribution in [3.8, 4) is 11.5 Å². The maximum atomic E-state index is 13.3. The summed E-state index contributed by atoms with van der Waals surface area (Å²) in [6.45, 7) is 4.41. The first-order valence-corrected chi connectivity index (χ1v) is 11.7. The Hall–Kier alpha value is -3.79. The van der Waals surface area contributed by atoms with Crippen molar-refractivity contribution in [2.45, 2.75) is 25.6 Å². The molecule has 0 radical (unpaired) electrons. The second kappa shape index (κ2) is 8.46. The predicted octanol–water partition coefficient (Wildman–Crippen LogP) is 4.00. The average Bonchev–Trinajstić information content (AvgIpc) is 3.45. The number of carbonyl (C=O) groups is 1. The van der Waals surface area contributed by atoms with Crippen molar-refractivity contribution in [1.82, 2.24) is 15.0 Å². The molecule has 4 aromatic rings. The van der Waals surface area contributed by atoms with Crippen molar-refractivity contribution < 1.29 is 18.3 Å². The van der Waals surface area contributed by atoms with Crippen LogP contribution in [0, 0.1) is 5.92 Å². The largest absolute Gasteiger partial charge is 0.436 e. The Balaban J connectivity index is 1.39. The maximum Gasteiger partial charge on any atom is 0.231 e. The molecule has 4 heterocycles. The van der Waals surface area contributed by atoms with E-state index in [9.17, 15) is 9.18 Å². The second-order valence-corrected chi connectivity index (χ2v) is 9.03. The van der Waals surface area contributed by atoms with Crippen LogP contribution in [0.15, 0.2) is 41.1 Å². The highest BCUT2D eigenvalue weighted by Gasteiger charge is 2.43. The molecule has 1 aromatic carbocycles. The molecule has 3 aromatic heterocycles. The lowest BCUT2D eigenvalue weighted by molar-refractivity contribution is -0.117. The standard InChI is InChI=1S/C25H25FN6O3/c1-13-12-32(5-6-34-13)14-3-4-21-20(7-14)30-25(35-21)18-11-29-23(27-2)17-10-28-22(9-15(17)18)31-24(33)16-8-19(16)26/h3-4,7,9-11,13,16,19H,5-6,8,12H2,1-2H3,(H,27,29)(H,28,31,33)/t13?,16-,19+/m1/s1. The number of nitrogens with zero attached hydrogens (tertiary/aromatic N) is 4. The molecule has 0 bridgehead atoms. The number of ether oxygens (including phenoxy) is 1. The highest BCUT2D eigenvalue weighted by molar-refractivity contribution is 6.03. The van der Waals surface area contributed by atoms with Gasteiger partial charge < -0.3 is 24.7 Å². The van der Waals surface area contributed by atoms with Crippen molar-refractivity contribution in [2.75, 3.05) is 42.3 Å². The number of fused-ring (bicyclic) bond motifs is 2. The Labute approximate surface area is 200 Å². The van der Waals surface area contributed by atoms with Crippen LogP contribution in [0.25, 0.3) is 33.3 Å². The number of oxazole rings is 1. The number of carbonyl (C=O) groups excluding carboxylic acids is 1. The first-order valence-electron chi connectivity index (χ1n) is 11.7. The topological polar surface area (TPSA) is 105 Å². The number of benzene rings is 1. The fraction of sp³-hybridized carbons (Fsp3) is 0.360. The zero-order valence-electron chi connectivity index (χ0n) is 19.4. The van der Waals surface area contributed by atoms with Gasteiger partial charge in [-0.2, -0.15) is 0 Å². The number of nitrogens with one attached hydrogen (secondary N) is 2. The molecular weight excluding hydrogens is 451 g/mol. The van der Waals surface area contributed by atoms with Gasteiger partial charge in [0.05, 0.1) is 24.2 Å². The number of hydrogen-bond donors (Lipinski definition) is 2. The quantitative estimate of drug-likeness (QED) is 0.445. The molecule has 6 rings (SSSR count). The summed E-state index contributed by atoms with van der Waals surface area (Å²) >= 11 is 0. The van der Waals surface area contributed by atoms with E-state index in [1.165, 1.54) is 0 Å². The van der Waals surface area contributed by atoms with E-state index in [-0.39, 0.29) is 18.4 Å². The summed E-state index contributed by atoms with van der Waals surface area (Å²) in [5.74, 6) is 0.441. The number of pyridine rings is 2. The van der Waals surface area contributed by atoms with Crippen molar-refractivity contribution in [2.24, 2.45) is 5.92 Å². The zero-order chi connectivity index (χ0) is 24.1. The van der Waals surface area contributed by atoms with Gasteiger partial charge in [0.15, 0.2) is 5.58 Å². The van der Waals surface area contributed by atoms with E-state index in [2.05, 4.69) is 32.4 Å². The highest BCUT2D eigenvalue weighted by atomic mass is 19.1. The molecule has 1 aliphatic carbocycles. The molecule has 1 unspecified atom stereocenters. The van der Waals surface area contributed by atoms with Crippen LogP contribution in [0.5, 0.6) is 0 Å². The van der Waals surface area contributed by atoms with E-state index >= 15 is 0 Å². The summed E-state index contributed by atoms with van der Waals surface area (Å²) in [7, 11) is 1.78. The third kappa shape index (κ3) is 4.03. The van der Waals surface area contributed by atoms with Crippen LogP contribution in [-0.2, 0) is 9.53 Å². The van der Waals surface area contributed by atoms with Crippen molar-refractivity contribution in [1.29, 1.82) is 0 Å². The van der Waals surface area contributed by atoms with E-state index in [1.807, 2.05) is 18.2 Å². The second-order valence-electron chi connectivity index (χ2n) is 9.03. The molecule has 0 spiro atoms. The normalized spacial score (nSPS) is 21.9. The minimum Gasteiger partial charge on any atom is -0.436 e. The molecule has 9 nitrogen and oxygen atoms in total. The van der Waals surface area contributed by atoms with E-state index in [0.29, 0.717) is 35.3 Å². The number of aromatic nitrogens is 3. The fourth-order valence-corrected chi connectivity index (χ4v) is 4.51. The molecule has 1 saturated carbocycles.